The molecule has 0 spiro atoms. The molecule has 6 nitrogen and oxygen atoms in total. The highest BCUT2D eigenvalue weighted by atomic mass is 79.9. The number of hydrogen-bond donors (Lipinski definition) is 1. The van der Waals surface area contributed by atoms with Gasteiger partial charge < -0.3 is 15.0 Å². The maximum absolute atomic E-state index is 12.7. The van der Waals surface area contributed by atoms with Crippen LogP contribution in [-0.2, 0) is 6.54 Å². The van der Waals surface area contributed by atoms with Gasteiger partial charge in [0, 0.05) is 42.9 Å². The molecule has 0 fully saturated rings. The molecule has 0 bridgehead atoms. The van der Waals surface area contributed by atoms with E-state index in [1.54, 1.807) is 43.3 Å². The van der Waals surface area contributed by atoms with Crippen molar-refractivity contribution in [3.8, 4) is 11.6 Å². The lowest BCUT2D eigenvalue weighted by Crippen LogP contribution is -2.26. The van der Waals surface area contributed by atoms with Gasteiger partial charge >= 0.3 is 0 Å². The second-order valence-corrected chi connectivity index (χ2v) is 7.30. The number of amides is 2. The fourth-order valence-corrected chi connectivity index (χ4v) is 3.07. The second kappa shape index (κ2) is 9.34. The van der Waals surface area contributed by atoms with Crippen molar-refractivity contribution < 1.29 is 14.3 Å². The van der Waals surface area contributed by atoms with Crippen LogP contribution in [0.15, 0.2) is 71.3 Å². The largest absolute Gasteiger partial charge is 0.439 e. The number of carbonyl (C=O) groups is 2. The first kappa shape index (κ1) is 20.5. The highest BCUT2D eigenvalue weighted by Crippen LogP contribution is 2.23. The lowest BCUT2D eigenvalue weighted by Gasteiger charge is -2.17. The lowest BCUT2D eigenvalue weighted by molar-refractivity contribution is 0.0784. The van der Waals surface area contributed by atoms with Crippen molar-refractivity contribution >= 4 is 27.7 Å². The van der Waals surface area contributed by atoms with Gasteiger partial charge in [0.2, 0.25) is 5.88 Å². The molecule has 0 saturated heterocycles. The molecule has 1 aromatic heterocycles. The lowest BCUT2D eigenvalue weighted by atomic mass is 10.1. The van der Waals surface area contributed by atoms with Crippen LogP contribution in [0.5, 0.6) is 11.6 Å². The van der Waals surface area contributed by atoms with Gasteiger partial charge in [0.05, 0.1) is 5.56 Å². The zero-order valence-electron chi connectivity index (χ0n) is 16.1. The molecule has 0 aliphatic rings. The van der Waals surface area contributed by atoms with Crippen molar-refractivity contribution in [1.29, 1.82) is 0 Å². The molecule has 3 aromatic rings. The van der Waals surface area contributed by atoms with E-state index in [9.17, 15) is 9.59 Å². The molecule has 0 unspecified atom stereocenters. The number of hydrogen-bond acceptors (Lipinski definition) is 4. The van der Waals surface area contributed by atoms with Gasteiger partial charge in [-0.25, -0.2) is 4.98 Å². The SMILES string of the molecule is CNC(=O)c1ccc(CN(C)C(=O)c2ccc(Oc3cccc(Br)c3)nc2)cc1. The smallest absolute Gasteiger partial charge is 0.255 e. The molecular formula is C22H20BrN3O3. The van der Waals surface area contributed by atoms with E-state index in [0.29, 0.717) is 29.3 Å². The van der Waals surface area contributed by atoms with E-state index >= 15 is 0 Å². The first-order chi connectivity index (χ1) is 14.0. The highest BCUT2D eigenvalue weighted by Gasteiger charge is 2.13. The van der Waals surface area contributed by atoms with E-state index in [1.807, 2.05) is 36.4 Å². The number of aromatic nitrogens is 1. The maximum atomic E-state index is 12.7. The van der Waals surface area contributed by atoms with Gasteiger partial charge in [0.25, 0.3) is 11.8 Å². The Labute approximate surface area is 177 Å². The number of carbonyl (C=O) groups excluding carboxylic acids is 2. The third-order valence-corrected chi connectivity index (χ3v) is 4.70. The monoisotopic (exact) mass is 453 g/mol. The van der Waals surface area contributed by atoms with E-state index in [4.69, 9.17) is 4.74 Å². The Kier molecular flexibility index (Phi) is 6.61. The molecule has 148 valence electrons. The summed E-state index contributed by atoms with van der Waals surface area (Å²) in [7, 11) is 3.31. The van der Waals surface area contributed by atoms with Crippen LogP contribution < -0.4 is 10.1 Å². The Morgan fingerprint density at radius 1 is 1.07 bits per heavy atom. The number of nitrogens with zero attached hydrogens (tertiary/aromatic N) is 2. The zero-order valence-corrected chi connectivity index (χ0v) is 17.6. The summed E-state index contributed by atoms with van der Waals surface area (Å²) in [5, 5.41) is 2.58. The first-order valence-corrected chi connectivity index (χ1v) is 9.71. The molecule has 29 heavy (non-hydrogen) atoms. The number of pyridine rings is 1. The Hall–Kier alpha value is -3.19. The summed E-state index contributed by atoms with van der Waals surface area (Å²) in [6.07, 6.45) is 1.50. The summed E-state index contributed by atoms with van der Waals surface area (Å²) < 4.78 is 6.60. The van der Waals surface area contributed by atoms with Crippen LogP contribution in [0.4, 0.5) is 0 Å². The number of nitrogens with one attached hydrogen (secondary N) is 1. The van der Waals surface area contributed by atoms with Crippen LogP contribution >= 0.6 is 15.9 Å². The Bertz CT molecular complexity index is 1000. The summed E-state index contributed by atoms with van der Waals surface area (Å²) in [4.78, 5) is 30.1. The van der Waals surface area contributed by atoms with Crippen molar-refractivity contribution in [2.24, 2.45) is 0 Å². The third kappa shape index (κ3) is 5.42. The predicted octanol–water partition coefficient (Wildman–Crippen LogP) is 4.27. The van der Waals surface area contributed by atoms with Crippen LogP contribution in [0.2, 0.25) is 0 Å². The molecule has 0 aliphatic heterocycles. The summed E-state index contributed by atoms with van der Waals surface area (Å²) in [5.41, 5.74) is 1.97. The van der Waals surface area contributed by atoms with Crippen LogP contribution in [-0.4, -0.2) is 35.8 Å². The van der Waals surface area contributed by atoms with Gasteiger partial charge in [0.1, 0.15) is 5.75 Å². The fraction of sp³-hybridized carbons (Fsp3) is 0.136. The number of ether oxygens (including phenoxy) is 1. The average molecular weight is 454 g/mol. The average Bonchev–Trinajstić information content (AvgIpc) is 2.74. The molecule has 1 N–H and O–H groups in total. The van der Waals surface area contributed by atoms with Crippen molar-refractivity contribution in [3.63, 3.8) is 0 Å². The van der Waals surface area contributed by atoms with Gasteiger partial charge in [0.15, 0.2) is 0 Å². The standard InChI is InChI=1S/C22H20BrN3O3/c1-24-21(27)16-8-6-15(7-9-16)14-26(2)22(28)17-10-11-20(25-13-17)29-19-5-3-4-18(23)12-19/h3-13H,14H2,1-2H3,(H,24,27). The molecule has 0 atom stereocenters. The van der Waals surface area contributed by atoms with Crippen molar-refractivity contribution in [1.82, 2.24) is 15.2 Å². The van der Waals surface area contributed by atoms with Gasteiger partial charge in [-0.15, -0.1) is 0 Å². The van der Waals surface area contributed by atoms with Crippen LogP contribution in [0.25, 0.3) is 0 Å². The summed E-state index contributed by atoms with van der Waals surface area (Å²) in [6, 6.07) is 17.9. The van der Waals surface area contributed by atoms with Crippen molar-refractivity contribution in [2.45, 2.75) is 6.54 Å². The highest BCUT2D eigenvalue weighted by molar-refractivity contribution is 9.10. The molecule has 3 rings (SSSR count). The number of rotatable bonds is 6. The van der Waals surface area contributed by atoms with Gasteiger partial charge in [-0.05, 0) is 42.0 Å². The minimum Gasteiger partial charge on any atom is -0.439 e. The van der Waals surface area contributed by atoms with Gasteiger partial charge in [-0.3, -0.25) is 9.59 Å². The van der Waals surface area contributed by atoms with Crippen molar-refractivity contribution in [3.05, 3.63) is 88.0 Å². The van der Waals surface area contributed by atoms with E-state index in [2.05, 4.69) is 26.2 Å². The van der Waals surface area contributed by atoms with Crippen LogP contribution in [0.1, 0.15) is 26.3 Å². The van der Waals surface area contributed by atoms with Crippen LogP contribution in [0, 0.1) is 0 Å². The molecule has 0 radical (unpaired) electrons. The summed E-state index contributed by atoms with van der Waals surface area (Å²) >= 11 is 3.39. The Balaban J connectivity index is 1.62. The summed E-state index contributed by atoms with van der Waals surface area (Å²) in [6.45, 7) is 0.420. The fourth-order valence-electron chi connectivity index (χ4n) is 2.69. The second-order valence-electron chi connectivity index (χ2n) is 6.38. The Morgan fingerprint density at radius 3 is 2.41 bits per heavy atom. The number of benzene rings is 2. The molecule has 1 heterocycles. The Morgan fingerprint density at radius 2 is 1.79 bits per heavy atom. The molecule has 7 heteroatoms. The van der Waals surface area contributed by atoms with E-state index in [1.165, 1.54) is 6.20 Å². The van der Waals surface area contributed by atoms with Crippen molar-refractivity contribution in [2.75, 3.05) is 14.1 Å². The minimum atomic E-state index is -0.151. The molecule has 0 aliphatic carbocycles. The number of halogens is 1. The predicted molar refractivity (Wildman–Crippen MR) is 114 cm³/mol. The molecule has 2 amide bonds. The van der Waals surface area contributed by atoms with Crippen LogP contribution in [0.3, 0.4) is 0 Å². The van der Waals surface area contributed by atoms with E-state index in [-0.39, 0.29) is 11.8 Å². The normalized spacial score (nSPS) is 10.3. The van der Waals surface area contributed by atoms with E-state index < -0.39 is 0 Å². The third-order valence-electron chi connectivity index (χ3n) is 4.21. The quantitative estimate of drug-likeness (QED) is 0.604. The molecular weight excluding hydrogens is 434 g/mol. The summed E-state index contributed by atoms with van der Waals surface area (Å²) in [5.74, 6) is 0.773. The zero-order chi connectivity index (χ0) is 20.8. The van der Waals surface area contributed by atoms with E-state index in [0.717, 1.165) is 10.0 Å². The van der Waals surface area contributed by atoms with Gasteiger partial charge in [-0.2, -0.15) is 0 Å². The molecule has 0 saturated carbocycles. The molecule has 2 aromatic carbocycles. The maximum Gasteiger partial charge on any atom is 0.255 e. The van der Waals surface area contributed by atoms with Gasteiger partial charge in [-0.1, -0.05) is 34.1 Å². The topological polar surface area (TPSA) is 71.5 Å². The first-order valence-electron chi connectivity index (χ1n) is 8.92. The minimum absolute atomic E-state index is 0.141.